The standard InChI is InChI=1S/C16H14O2/c17-16(18)15-12(9-4-2-1-3-5-9)13-10-6-7-11(8-10)14(13)15/h1-7,10-11,13-14H,8H2,(H,17,18)/t10-,11+,13-,14-/m1/s1. The Hall–Kier alpha value is -1.83. The van der Waals surface area contributed by atoms with Gasteiger partial charge in [0.25, 0.3) is 0 Å². The van der Waals surface area contributed by atoms with Crippen LogP contribution in [0, 0.1) is 23.7 Å². The second-order valence-electron chi connectivity index (χ2n) is 5.50. The zero-order valence-electron chi connectivity index (χ0n) is 9.91. The first-order chi connectivity index (χ1) is 8.77. The number of carbonyl (C=O) groups is 1. The Morgan fingerprint density at radius 3 is 2.39 bits per heavy atom. The second-order valence-corrected chi connectivity index (χ2v) is 5.50. The summed E-state index contributed by atoms with van der Waals surface area (Å²) in [6.45, 7) is 0. The lowest BCUT2D eigenvalue weighted by Crippen LogP contribution is -2.36. The van der Waals surface area contributed by atoms with Gasteiger partial charge in [0.05, 0.1) is 0 Å². The van der Waals surface area contributed by atoms with E-state index in [0.29, 0.717) is 23.3 Å². The maximum absolute atomic E-state index is 11.5. The molecule has 18 heavy (non-hydrogen) atoms. The van der Waals surface area contributed by atoms with Crippen molar-refractivity contribution in [2.24, 2.45) is 23.7 Å². The molecular formula is C16H14O2. The molecule has 0 heterocycles. The smallest absolute Gasteiger partial charge is 0.332 e. The molecule has 2 bridgehead atoms. The van der Waals surface area contributed by atoms with E-state index in [1.807, 2.05) is 30.3 Å². The minimum absolute atomic E-state index is 0.271. The third-order valence-electron chi connectivity index (χ3n) is 4.73. The van der Waals surface area contributed by atoms with E-state index in [-0.39, 0.29) is 5.92 Å². The normalized spacial score (nSPS) is 35.6. The van der Waals surface area contributed by atoms with Gasteiger partial charge in [-0.2, -0.15) is 0 Å². The molecule has 1 saturated carbocycles. The van der Waals surface area contributed by atoms with Gasteiger partial charge in [0, 0.05) is 11.5 Å². The summed E-state index contributed by atoms with van der Waals surface area (Å²) in [6, 6.07) is 10.0. The van der Waals surface area contributed by atoms with Crippen molar-refractivity contribution in [1.29, 1.82) is 0 Å². The molecule has 0 spiro atoms. The van der Waals surface area contributed by atoms with Gasteiger partial charge >= 0.3 is 5.97 Å². The van der Waals surface area contributed by atoms with Gasteiger partial charge in [-0.3, -0.25) is 0 Å². The SMILES string of the molecule is O=C(O)C1=C(c2ccccc2)[C@@H]2[C@H]1[C@H]1C=C[C@@H]2C1. The van der Waals surface area contributed by atoms with E-state index in [2.05, 4.69) is 12.2 Å². The Morgan fingerprint density at radius 2 is 1.72 bits per heavy atom. The molecule has 2 nitrogen and oxygen atoms in total. The van der Waals surface area contributed by atoms with Gasteiger partial charge in [-0.25, -0.2) is 4.79 Å². The molecule has 1 fully saturated rings. The molecule has 0 aliphatic heterocycles. The van der Waals surface area contributed by atoms with Gasteiger partial charge in [-0.1, -0.05) is 42.5 Å². The van der Waals surface area contributed by atoms with Crippen LogP contribution in [0.2, 0.25) is 0 Å². The highest BCUT2D eigenvalue weighted by molar-refractivity contribution is 6.02. The van der Waals surface area contributed by atoms with Crippen molar-refractivity contribution in [3.8, 4) is 0 Å². The average Bonchev–Trinajstić information content (AvgIpc) is 2.87. The van der Waals surface area contributed by atoms with Crippen LogP contribution in [0.4, 0.5) is 0 Å². The Bertz CT molecular complexity index is 582. The van der Waals surface area contributed by atoms with E-state index < -0.39 is 5.97 Å². The summed E-state index contributed by atoms with van der Waals surface area (Å²) in [4.78, 5) is 11.5. The summed E-state index contributed by atoms with van der Waals surface area (Å²) in [6.07, 6.45) is 5.65. The van der Waals surface area contributed by atoms with Crippen LogP contribution in [0.25, 0.3) is 5.57 Å². The van der Waals surface area contributed by atoms with E-state index in [9.17, 15) is 9.90 Å². The monoisotopic (exact) mass is 238 g/mol. The van der Waals surface area contributed by atoms with Crippen LogP contribution in [0.15, 0.2) is 48.1 Å². The quantitative estimate of drug-likeness (QED) is 0.804. The van der Waals surface area contributed by atoms with Gasteiger partial charge < -0.3 is 5.11 Å². The van der Waals surface area contributed by atoms with E-state index >= 15 is 0 Å². The van der Waals surface area contributed by atoms with Gasteiger partial charge in [0.1, 0.15) is 0 Å². The number of fused-ring (bicyclic) bond motifs is 5. The molecule has 3 aliphatic rings. The first-order valence-electron chi connectivity index (χ1n) is 6.48. The van der Waals surface area contributed by atoms with Gasteiger partial charge in [0.2, 0.25) is 0 Å². The predicted molar refractivity (Wildman–Crippen MR) is 68.7 cm³/mol. The fourth-order valence-electron chi connectivity index (χ4n) is 4.10. The lowest BCUT2D eigenvalue weighted by molar-refractivity contribution is -0.133. The lowest BCUT2D eigenvalue weighted by atomic mass is 9.61. The highest BCUT2D eigenvalue weighted by Crippen LogP contribution is 2.63. The van der Waals surface area contributed by atoms with Crippen molar-refractivity contribution in [2.75, 3.05) is 0 Å². The van der Waals surface area contributed by atoms with Crippen LogP contribution < -0.4 is 0 Å². The number of carboxylic acids is 1. The third kappa shape index (κ3) is 1.10. The molecule has 3 aliphatic carbocycles. The minimum Gasteiger partial charge on any atom is -0.478 e. The fourth-order valence-corrected chi connectivity index (χ4v) is 4.10. The first-order valence-corrected chi connectivity index (χ1v) is 6.48. The molecular weight excluding hydrogens is 224 g/mol. The van der Waals surface area contributed by atoms with Crippen LogP contribution >= 0.6 is 0 Å². The van der Waals surface area contributed by atoms with Crippen LogP contribution in [-0.2, 0) is 4.79 Å². The number of aliphatic carboxylic acids is 1. The highest BCUT2D eigenvalue weighted by atomic mass is 16.4. The molecule has 4 atom stereocenters. The van der Waals surface area contributed by atoms with E-state index in [1.54, 1.807) is 0 Å². The predicted octanol–water partition coefficient (Wildman–Crippen LogP) is 2.98. The zero-order chi connectivity index (χ0) is 12.3. The van der Waals surface area contributed by atoms with Crippen molar-refractivity contribution >= 4 is 11.5 Å². The number of hydrogen-bond acceptors (Lipinski definition) is 1. The number of allylic oxidation sites excluding steroid dienone is 3. The summed E-state index contributed by atoms with van der Waals surface area (Å²) in [5.74, 6) is 1.04. The molecule has 1 aromatic rings. The summed E-state index contributed by atoms with van der Waals surface area (Å²) in [5.41, 5.74) is 2.85. The molecule has 0 radical (unpaired) electrons. The molecule has 2 heteroatoms. The van der Waals surface area contributed by atoms with Crippen molar-refractivity contribution in [3.05, 3.63) is 53.6 Å². The largest absolute Gasteiger partial charge is 0.478 e. The molecule has 0 amide bonds. The van der Waals surface area contributed by atoms with Gasteiger partial charge in [0.15, 0.2) is 0 Å². The van der Waals surface area contributed by atoms with Crippen molar-refractivity contribution in [3.63, 3.8) is 0 Å². The topological polar surface area (TPSA) is 37.3 Å². The lowest BCUT2D eigenvalue weighted by Gasteiger charge is -2.41. The molecule has 4 rings (SSSR count). The summed E-state index contributed by atoms with van der Waals surface area (Å²) in [7, 11) is 0. The van der Waals surface area contributed by atoms with E-state index in [1.165, 1.54) is 0 Å². The fraction of sp³-hybridized carbons (Fsp3) is 0.312. The molecule has 1 N–H and O–H groups in total. The van der Waals surface area contributed by atoms with Crippen molar-refractivity contribution < 1.29 is 9.90 Å². The van der Waals surface area contributed by atoms with Crippen molar-refractivity contribution in [2.45, 2.75) is 6.42 Å². The Morgan fingerprint density at radius 1 is 1.06 bits per heavy atom. The zero-order valence-corrected chi connectivity index (χ0v) is 9.91. The van der Waals surface area contributed by atoms with E-state index in [0.717, 1.165) is 17.6 Å². The van der Waals surface area contributed by atoms with Gasteiger partial charge in [-0.05, 0) is 35.3 Å². The summed E-state index contributed by atoms with van der Waals surface area (Å²) < 4.78 is 0. The highest BCUT2D eigenvalue weighted by Gasteiger charge is 2.56. The average molecular weight is 238 g/mol. The van der Waals surface area contributed by atoms with Crippen LogP contribution in [0.1, 0.15) is 12.0 Å². The Labute approximate surface area is 106 Å². The molecule has 0 saturated heterocycles. The van der Waals surface area contributed by atoms with Gasteiger partial charge in [-0.15, -0.1) is 0 Å². The molecule has 1 aromatic carbocycles. The van der Waals surface area contributed by atoms with Crippen LogP contribution in [0.3, 0.4) is 0 Å². The van der Waals surface area contributed by atoms with Crippen molar-refractivity contribution in [1.82, 2.24) is 0 Å². The maximum atomic E-state index is 11.5. The molecule has 90 valence electrons. The number of hydrogen-bond donors (Lipinski definition) is 1. The molecule has 0 unspecified atom stereocenters. The third-order valence-corrected chi connectivity index (χ3v) is 4.73. The number of benzene rings is 1. The summed E-state index contributed by atoms with van der Waals surface area (Å²) in [5, 5.41) is 9.46. The summed E-state index contributed by atoms with van der Waals surface area (Å²) >= 11 is 0. The van der Waals surface area contributed by atoms with E-state index in [4.69, 9.17) is 0 Å². The Balaban J connectivity index is 1.85. The van der Waals surface area contributed by atoms with Crippen LogP contribution in [-0.4, -0.2) is 11.1 Å². The minimum atomic E-state index is -0.726. The second kappa shape index (κ2) is 3.35. The van der Waals surface area contributed by atoms with Crippen LogP contribution in [0.5, 0.6) is 0 Å². The number of rotatable bonds is 2. The number of carboxylic acid groups (broad SMARTS) is 1. The molecule has 0 aromatic heterocycles. The Kier molecular flexibility index (Phi) is 1.88. The maximum Gasteiger partial charge on any atom is 0.332 e. The first kappa shape index (κ1) is 10.1.